The summed E-state index contributed by atoms with van der Waals surface area (Å²) < 4.78 is 5.03. The fourth-order valence-corrected chi connectivity index (χ4v) is 2.32. The standard InChI is InChI=1S/C17H14N2O4/c20-15-10-19(14-9-5-4-8-13(14)18-15)16(21)11-23-17(22)12-6-2-1-3-7-12/h1-9H,10-11H2,(H,18,20). The Labute approximate surface area is 132 Å². The van der Waals surface area contributed by atoms with E-state index in [0.717, 1.165) is 0 Å². The number of nitrogens with one attached hydrogen (secondary N) is 1. The number of esters is 1. The van der Waals surface area contributed by atoms with E-state index < -0.39 is 18.5 Å². The van der Waals surface area contributed by atoms with E-state index in [0.29, 0.717) is 16.9 Å². The van der Waals surface area contributed by atoms with Crippen LogP contribution in [0.25, 0.3) is 0 Å². The first kappa shape index (κ1) is 14.8. The van der Waals surface area contributed by atoms with Crippen LogP contribution in [0, 0.1) is 0 Å². The summed E-state index contributed by atoms with van der Waals surface area (Å²) in [6, 6.07) is 15.4. The molecule has 1 heterocycles. The van der Waals surface area contributed by atoms with Crippen LogP contribution >= 0.6 is 0 Å². The quantitative estimate of drug-likeness (QED) is 0.878. The normalized spacial score (nSPS) is 13.0. The van der Waals surface area contributed by atoms with Crippen molar-refractivity contribution in [3.05, 3.63) is 60.2 Å². The maximum absolute atomic E-state index is 12.3. The number of para-hydroxylation sites is 2. The second-order valence-electron chi connectivity index (χ2n) is 4.99. The molecule has 1 N–H and O–H groups in total. The molecule has 0 spiro atoms. The molecule has 6 nitrogen and oxygen atoms in total. The first-order chi connectivity index (χ1) is 11.1. The van der Waals surface area contributed by atoms with Gasteiger partial charge < -0.3 is 10.1 Å². The lowest BCUT2D eigenvalue weighted by Gasteiger charge is -2.28. The summed E-state index contributed by atoms with van der Waals surface area (Å²) in [5, 5.41) is 2.69. The molecular weight excluding hydrogens is 296 g/mol. The Balaban J connectivity index is 1.69. The summed E-state index contributed by atoms with van der Waals surface area (Å²) >= 11 is 0. The Morgan fingerprint density at radius 1 is 1.04 bits per heavy atom. The highest BCUT2D eigenvalue weighted by Crippen LogP contribution is 2.28. The van der Waals surface area contributed by atoms with Crippen molar-refractivity contribution in [1.29, 1.82) is 0 Å². The minimum absolute atomic E-state index is 0.0985. The summed E-state index contributed by atoms with van der Waals surface area (Å²) in [6.07, 6.45) is 0. The van der Waals surface area contributed by atoms with Crippen molar-refractivity contribution in [2.75, 3.05) is 23.4 Å². The lowest BCUT2D eigenvalue weighted by Crippen LogP contribution is -2.44. The third-order valence-electron chi connectivity index (χ3n) is 3.41. The second-order valence-corrected chi connectivity index (χ2v) is 4.99. The van der Waals surface area contributed by atoms with Gasteiger partial charge in [-0.15, -0.1) is 0 Å². The van der Waals surface area contributed by atoms with Crippen LogP contribution in [0.5, 0.6) is 0 Å². The Hall–Kier alpha value is -3.15. The number of carbonyl (C=O) groups excluding carboxylic acids is 3. The SMILES string of the molecule is O=C1CN(C(=O)COC(=O)c2ccccc2)c2ccccc2N1. The highest BCUT2D eigenvalue weighted by Gasteiger charge is 2.27. The fourth-order valence-electron chi connectivity index (χ4n) is 2.32. The molecule has 2 aromatic rings. The maximum Gasteiger partial charge on any atom is 0.338 e. The zero-order chi connectivity index (χ0) is 16.2. The molecule has 0 unspecified atom stereocenters. The number of hydrogen-bond donors (Lipinski definition) is 1. The molecule has 0 aromatic heterocycles. The zero-order valence-electron chi connectivity index (χ0n) is 12.2. The van der Waals surface area contributed by atoms with Gasteiger partial charge in [0, 0.05) is 0 Å². The van der Waals surface area contributed by atoms with Gasteiger partial charge in [-0.05, 0) is 24.3 Å². The molecule has 0 radical (unpaired) electrons. The minimum Gasteiger partial charge on any atom is -0.452 e. The molecule has 2 aromatic carbocycles. The Bertz CT molecular complexity index is 758. The predicted molar refractivity (Wildman–Crippen MR) is 84.1 cm³/mol. The molecule has 0 saturated heterocycles. The number of amides is 2. The van der Waals surface area contributed by atoms with Crippen LogP contribution < -0.4 is 10.2 Å². The van der Waals surface area contributed by atoms with Crippen LogP contribution in [-0.4, -0.2) is 30.9 Å². The third kappa shape index (κ3) is 3.21. The van der Waals surface area contributed by atoms with Crippen LogP contribution in [0.15, 0.2) is 54.6 Å². The van der Waals surface area contributed by atoms with Gasteiger partial charge in [0.15, 0.2) is 6.61 Å². The van der Waals surface area contributed by atoms with Crippen LogP contribution in [0.4, 0.5) is 11.4 Å². The summed E-state index contributed by atoms with van der Waals surface area (Å²) in [4.78, 5) is 37.2. The highest BCUT2D eigenvalue weighted by molar-refractivity contribution is 6.10. The average molecular weight is 310 g/mol. The van der Waals surface area contributed by atoms with E-state index in [1.54, 1.807) is 54.6 Å². The average Bonchev–Trinajstić information content (AvgIpc) is 2.59. The van der Waals surface area contributed by atoms with Gasteiger partial charge in [0.1, 0.15) is 6.54 Å². The van der Waals surface area contributed by atoms with Crippen molar-refractivity contribution in [2.24, 2.45) is 0 Å². The van der Waals surface area contributed by atoms with Gasteiger partial charge in [0.05, 0.1) is 16.9 Å². The van der Waals surface area contributed by atoms with E-state index in [4.69, 9.17) is 4.74 Å². The monoisotopic (exact) mass is 310 g/mol. The molecule has 116 valence electrons. The van der Waals surface area contributed by atoms with Gasteiger partial charge in [-0.25, -0.2) is 4.79 Å². The van der Waals surface area contributed by atoms with E-state index in [1.807, 2.05) is 0 Å². The van der Waals surface area contributed by atoms with E-state index in [-0.39, 0.29) is 12.5 Å². The van der Waals surface area contributed by atoms with Crippen LogP contribution in [0.1, 0.15) is 10.4 Å². The molecule has 6 heteroatoms. The zero-order valence-corrected chi connectivity index (χ0v) is 12.2. The lowest BCUT2D eigenvalue weighted by atomic mass is 10.2. The number of ether oxygens (including phenoxy) is 1. The van der Waals surface area contributed by atoms with Gasteiger partial charge in [-0.3, -0.25) is 14.5 Å². The van der Waals surface area contributed by atoms with Gasteiger partial charge in [-0.1, -0.05) is 30.3 Å². The summed E-state index contributed by atoms with van der Waals surface area (Å²) in [6.45, 7) is -0.520. The largest absolute Gasteiger partial charge is 0.452 e. The van der Waals surface area contributed by atoms with Gasteiger partial charge in [-0.2, -0.15) is 0 Å². The van der Waals surface area contributed by atoms with Crippen molar-refractivity contribution >= 4 is 29.2 Å². The van der Waals surface area contributed by atoms with Crippen LogP contribution in [0.2, 0.25) is 0 Å². The molecule has 1 aliphatic rings. The third-order valence-corrected chi connectivity index (χ3v) is 3.41. The Kier molecular flexibility index (Phi) is 4.05. The number of nitrogens with zero attached hydrogens (tertiary/aromatic N) is 1. The highest BCUT2D eigenvalue weighted by atomic mass is 16.5. The number of fused-ring (bicyclic) bond motifs is 1. The predicted octanol–water partition coefficient (Wildman–Crippen LogP) is 1.83. The number of benzene rings is 2. The summed E-state index contributed by atoms with van der Waals surface area (Å²) in [5.41, 5.74) is 1.52. The second kappa shape index (κ2) is 6.31. The number of anilines is 2. The smallest absolute Gasteiger partial charge is 0.338 e. The van der Waals surface area contributed by atoms with E-state index in [2.05, 4.69) is 5.32 Å². The Morgan fingerprint density at radius 3 is 2.52 bits per heavy atom. The van der Waals surface area contributed by atoms with Gasteiger partial charge in [0.2, 0.25) is 5.91 Å². The van der Waals surface area contributed by atoms with Crippen molar-refractivity contribution in [1.82, 2.24) is 0 Å². The molecule has 23 heavy (non-hydrogen) atoms. The molecule has 0 aliphatic carbocycles. The van der Waals surface area contributed by atoms with E-state index in [1.165, 1.54) is 4.90 Å². The minimum atomic E-state index is -0.575. The maximum atomic E-state index is 12.3. The van der Waals surface area contributed by atoms with Crippen molar-refractivity contribution in [3.63, 3.8) is 0 Å². The molecule has 0 saturated carbocycles. The van der Waals surface area contributed by atoms with Crippen molar-refractivity contribution in [2.45, 2.75) is 0 Å². The van der Waals surface area contributed by atoms with Crippen LogP contribution in [-0.2, 0) is 14.3 Å². The summed E-state index contributed by atoms with van der Waals surface area (Å²) in [5.74, 6) is -1.31. The first-order valence-corrected chi connectivity index (χ1v) is 7.06. The van der Waals surface area contributed by atoms with Crippen molar-refractivity contribution < 1.29 is 19.1 Å². The number of carbonyl (C=O) groups is 3. The molecule has 2 amide bonds. The Morgan fingerprint density at radius 2 is 1.74 bits per heavy atom. The molecule has 1 aliphatic heterocycles. The molecular formula is C17H14N2O4. The molecule has 0 bridgehead atoms. The first-order valence-electron chi connectivity index (χ1n) is 7.06. The van der Waals surface area contributed by atoms with Crippen molar-refractivity contribution in [3.8, 4) is 0 Å². The molecule has 3 rings (SSSR count). The van der Waals surface area contributed by atoms with Gasteiger partial charge >= 0.3 is 5.97 Å². The number of hydrogen-bond acceptors (Lipinski definition) is 4. The topological polar surface area (TPSA) is 75.7 Å². The fraction of sp³-hybridized carbons (Fsp3) is 0.118. The summed E-state index contributed by atoms with van der Waals surface area (Å²) in [7, 11) is 0. The van der Waals surface area contributed by atoms with Gasteiger partial charge in [0.25, 0.3) is 5.91 Å². The molecule has 0 atom stereocenters. The van der Waals surface area contributed by atoms with E-state index >= 15 is 0 Å². The lowest BCUT2D eigenvalue weighted by molar-refractivity contribution is -0.124. The van der Waals surface area contributed by atoms with E-state index in [9.17, 15) is 14.4 Å². The molecule has 0 fully saturated rings. The van der Waals surface area contributed by atoms with Crippen LogP contribution in [0.3, 0.4) is 0 Å². The number of rotatable bonds is 3.